The average molecular weight is 386 g/mol. The third kappa shape index (κ3) is 2.44. The van der Waals surface area contributed by atoms with Gasteiger partial charge in [0.2, 0.25) is 5.91 Å². The van der Waals surface area contributed by atoms with Gasteiger partial charge in [0.25, 0.3) is 5.91 Å². The molecule has 3 aliphatic heterocycles. The molecule has 0 radical (unpaired) electrons. The lowest BCUT2D eigenvalue weighted by Crippen LogP contribution is -2.44. The highest BCUT2D eigenvalue weighted by Crippen LogP contribution is 2.48. The minimum absolute atomic E-state index is 0.219. The molecule has 0 aliphatic carbocycles. The number of imide groups is 1. The van der Waals surface area contributed by atoms with Gasteiger partial charge in [-0.2, -0.15) is 0 Å². The van der Waals surface area contributed by atoms with Crippen molar-refractivity contribution < 1.29 is 14.0 Å². The van der Waals surface area contributed by atoms with E-state index in [2.05, 4.69) is 5.01 Å². The van der Waals surface area contributed by atoms with E-state index in [1.165, 1.54) is 17.0 Å². The number of halogens is 2. The first-order valence-electron chi connectivity index (χ1n) is 8.98. The highest BCUT2D eigenvalue weighted by Gasteiger charge is 2.62. The standard InChI is InChI=1S/C20H17ClFN3O2/c21-13-3-1-4-15(11-13)25-19(26)16-17(12-5-7-14(22)8-6-12)23-9-2-10-24(23)18(16)20(25)27/h1,3-8,11,16-18H,2,9-10H2/t16-,17+,18-/m0/s1. The molecule has 2 aromatic carbocycles. The Morgan fingerprint density at radius 3 is 2.33 bits per heavy atom. The molecule has 27 heavy (non-hydrogen) atoms. The molecule has 7 heteroatoms. The number of rotatable bonds is 2. The lowest BCUT2D eigenvalue weighted by atomic mass is 9.90. The Labute approximate surface area is 160 Å². The van der Waals surface area contributed by atoms with Crippen LogP contribution < -0.4 is 4.90 Å². The molecule has 3 fully saturated rings. The molecule has 5 rings (SSSR count). The van der Waals surface area contributed by atoms with Crippen LogP contribution in [0, 0.1) is 11.7 Å². The molecule has 2 amide bonds. The van der Waals surface area contributed by atoms with Crippen LogP contribution in [0.3, 0.4) is 0 Å². The van der Waals surface area contributed by atoms with Crippen LogP contribution in [0.2, 0.25) is 5.02 Å². The Morgan fingerprint density at radius 2 is 1.63 bits per heavy atom. The van der Waals surface area contributed by atoms with Gasteiger partial charge in [-0.15, -0.1) is 0 Å². The van der Waals surface area contributed by atoms with Crippen LogP contribution in [0.5, 0.6) is 0 Å². The molecule has 0 N–H and O–H groups in total. The minimum Gasteiger partial charge on any atom is -0.274 e. The maximum Gasteiger partial charge on any atom is 0.253 e. The molecule has 3 atom stereocenters. The van der Waals surface area contributed by atoms with Crippen molar-refractivity contribution in [2.24, 2.45) is 5.92 Å². The van der Waals surface area contributed by atoms with E-state index in [-0.39, 0.29) is 23.7 Å². The molecule has 3 heterocycles. The number of anilines is 1. The number of carbonyl (C=O) groups excluding carboxylic acids is 2. The molecular weight excluding hydrogens is 369 g/mol. The highest BCUT2D eigenvalue weighted by atomic mass is 35.5. The third-order valence-corrected chi connectivity index (χ3v) is 5.92. The summed E-state index contributed by atoms with van der Waals surface area (Å²) in [5.74, 6) is -1.28. The molecule has 0 saturated carbocycles. The van der Waals surface area contributed by atoms with Gasteiger partial charge in [-0.25, -0.2) is 19.3 Å². The van der Waals surface area contributed by atoms with E-state index in [9.17, 15) is 14.0 Å². The summed E-state index contributed by atoms with van der Waals surface area (Å²) in [6, 6.07) is 12.2. The second-order valence-electron chi connectivity index (χ2n) is 7.14. The van der Waals surface area contributed by atoms with Crippen molar-refractivity contribution in [2.75, 3.05) is 18.0 Å². The van der Waals surface area contributed by atoms with Gasteiger partial charge in [0.05, 0.1) is 17.6 Å². The summed E-state index contributed by atoms with van der Waals surface area (Å²) in [7, 11) is 0. The number of hydrogen-bond acceptors (Lipinski definition) is 4. The van der Waals surface area contributed by atoms with E-state index in [0.717, 1.165) is 25.1 Å². The summed E-state index contributed by atoms with van der Waals surface area (Å²) < 4.78 is 13.4. The van der Waals surface area contributed by atoms with E-state index in [1.807, 2.05) is 5.01 Å². The van der Waals surface area contributed by atoms with Crippen molar-refractivity contribution in [3.8, 4) is 0 Å². The van der Waals surface area contributed by atoms with Crippen LogP contribution in [0.25, 0.3) is 0 Å². The van der Waals surface area contributed by atoms with Crippen molar-refractivity contribution >= 4 is 29.1 Å². The minimum atomic E-state index is -0.519. The number of nitrogens with zero attached hydrogens (tertiary/aromatic N) is 3. The summed E-state index contributed by atoms with van der Waals surface area (Å²) >= 11 is 6.06. The van der Waals surface area contributed by atoms with Crippen molar-refractivity contribution in [2.45, 2.75) is 18.5 Å². The van der Waals surface area contributed by atoms with E-state index < -0.39 is 12.0 Å². The Bertz CT molecular complexity index is 935. The highest BCUT2D eigenvalue weighted by molar-refractivity contribution is 6.31. The Kier molecular flexibility index (Phi) is 3.82. The predicted octanol–water partition coefficient (Wildman–Crippen LogP) is 3.01. The van der Waals surface area contributed by atoms with Crippen LogP contribution >= 0.6 is 11.6 Å². The van der Waals surface area contributed by atoms with Gasteiger partial charge in [0, 0.05) is 18.1 Å². The van der Waals surface area contributed by atoms with Gasteiger partial charge < -0.3 is 0 Å². The monoisotopic (exact) mass is 385 g/mol. The molecule has 5 nitrogen and oxygen atoms in total. The van der Waals surface area contributed by atoms with Crippen LogP contribution in [-0.2, 0) is 9.59 Å². The average Bonchev–Trinajstić information content (AvgIpc) is 3.28. The Hall–Kier alpha value is -2.28. The summed E-state index contributed by atoms with van der Waals surface area (Å²) in [5, 5.41) is 4.60. The van der Waals surface area contributed by atoms with Crippen LogP contribution in [-0.4, -0.2) is 41.0 Å². The largest absolute Gasteiger partial charge is 0.274 e. The zero-order valence-electron chi connectivity index (χ0n) is 14.4. The molecule has 2 aromatic rings. The zero-order valence-corrected chi connectivity index (χ0v) is 15.1. The molecular formula is C20H17ClFN3O2. The second kappa shape index (κ2) is 6.12. The van der Waals surface area contributed by atoms with E-state index in [4.69, 9.17) is 11.6 Å². The Balaban J connectivity index is 1.59. The van der Waals surface area contributed by atoms with Crippen LogP contribution in [0.1, 0.15) is 18.0 Å². The first-order valence-corrected chi connectivity index (χ1v) is 9.36. The predicted molar refractivity (Wildman–Crippen MR) is 98.4 cm³/mol. The molecule has 0 spiro atoms. The Morgan fingerprint density at radius 1 is 0.926 bits per heavy atom. The van der Waals surface area contributed by atoms with Gasteiger partial charge in [-0.1, -0.05) is 29.8 Å². The van der Waals surface area contributed by atoms with Crippen molar-refractivity contribution in [3.63, 3.8) is 0 Å². The molecule has 138 valence electrons. The summed E-state index contributed by atoms with van der Waals surface area (Å²) in [6.07, 6.45) is 0.930. The number of fused-ring (bicyclic) bond motifs is 3. The van der Waals surface area contributed by atoms with Gasteiger partial charge in [-0.05, 0) is 42.3 Å². The van der Waals surface area contributed by atoms with Gasteiger partial charge in [0.1, 0.15) is 11.9 Å². The molecule has 0 unspecified atom stereocenters. The topological polar surface area (TPSA) is 43.9 Å². The second-order valence-corrected chi connectivity index (χ2v) is 7.57. The summed E-state index contributed by atoms with van der Waals surface area (Å²) in [5.41, 5.74) is 1.35. The zero-order chi connectivity index (χ0) is 18.7. The molecule has 0 aromatic heterocycles. The van der Waals surface area contributed by atoms with Crippen molar-refractivity contribution in [1.29, 1.82) is 0 Å². The number of carbonyl (C=O) groups is 2. The van der Waals surface area contributed by atoms with Gasteiger partial charge >= 0.3 is 0 Å². The van der Waals surface area contributed by atoms with E-state index >= 15 is 0 Å². The lowest BCUT2D eigenvalue weighted by Gasteiger charge is -2.29. The number of benzene rings is 2. The SMILES string of the molecule is O=C1[C@@H]2[C@@H](C(=O)N1c1cccc(Cl)c1)N1CCCN1[C@@H]2c1ccc(F)cc1. The van der Waals surface area contributed by atoms with Crippen LogP contribution in [0.4, 0.5) is 10.1 Å². The maximum atomic E-state index is 13.4. The van der Waals surface area contributed by atoms with E-state index in [0.29, 0.717) is 10.7 Å². The van der Waals surface area contributed by atoms with E-state index in [1.54, 1.807) is 36.4 Å². The quantitative estimate of drug-likeness (QED) is 0.745. The number of hydrogen-bond donors (Lipinski definition) is 0. The fourth-order valence-electron chi connectivity index (χ4n) is 4.64. The van der Waals surface area contributed by atoms with Crippen molar-refractivity contribution in [1.82, 2.24) is 10.0 Å². The molecule has 0 bridgehead atoms. The fourth-order valence-corrected chi connectivity index (χ4v) is 4.83. The number of amides is 2. The lowest BCUT2D eigenvalue weighted by molar-refractivity contribution is -0.126. The smallest absolute Gasteiger partial charge is 0.253 e. The molecule has 3 saturated heterocycles. The van der Waals surface area contributed by atoms with Crippen LogP contribution in [0.15, 0.2) is 48.5 Å². The third-order valence-electron chi connectivity index (χ3n) is 5.68. The maximum absolute atomic E-state index is 13.4. The van der Waals surface area contributed by atoms with Gasteiger partial charge in [-0.3, -0.25) is 9.59 Å². The number of hydrazine groups is 1. The first-order chi connectivity index (χ1) is 13.1. The fraction of sp³-hybridized carbons (Fsp3) is 0.300. The normalized spacial score (nSPS) is 28.1. The summed E-state index contributed by atoms with van der Waals surface area (Å²) in [4.78, 5) is 27.8. The van der Waals surface area contributed by atoms with Crippen molar-refractivity contribution in [3.05, 3.63) is 64.9 Å². The van der Waals surface area contributed by atoms with Gasteiger partial charge in [0.15, 0.2) is 0 Å². The summed E-state index contributed by atoms with van der Waals surface area (Å²) in [6.45, 7) is 1.52. The first kappa shape index (κ1) is 16.9. The molecule has 3 aliphatic rings.